The van der Waals surface area contributed by atoms with Gasteiger partial charge in [0.05, 0.1) is 35.0 Å². The molecule has 2 fully saturated rings. The summed E-state index contributed by atoms with van der Waals surface area (Å²) in [5, 5.41) is 11.9. The number of carbonyl (C=O) groups is 2. The first-order chi connectivity index (χ1) is 26.8. The topological polar surface area (TPSA) is 109 Å². The van der Waals surface area contributed by atoms with Gasteiger partial charge in [0.15, 0.2) is 11.4 Å². The monoisotopic (exact) mass is 775 g/mol. The van der Waals surface area contributed by atoms with Gasteiger partial charge in [0.2, 0.25) is 0 Å². The summed E-state index contributed by atoms with van der Waals surface area (Å²) in [6.45, 7) is 0.801. The fraction of sp³-hybridized carbons (Fsp3) is 0.325. The maximum Gasteiger partial charge on any atom is 0.416 e. The summed E-state index contributed by atoms with van der Waals surface area (Å²) in [7, 11) is 1.44. The zero-order valence-electron chi connectivity index (χ0n) is 30.0. The van der Waals surface area contributed by atoms with Gasteiger partial charge in [0.25, 0.3) is 11.8 Å². The second kappa shape index (κ2) is 14.3. The van der Waals surface area contributed by atoms with Crippen molar-refractivity contribution in [1.29, 1.82) is 0 Å². The van der Waals surface area contributed by atoms with E-state index >= 15 is 0 Å². The Morgan fingerprint density at radius 2 is 1.36 bits per heavy atom. The van der Waals surface area contributed by atoms with E-state index in [2.05, 4.69) is 20.3 Å². The van der Waals surface area contributed by atoms with Crippen LogP contribution in [-0.4, -0.2) is 79.9 Å². The maximum atomic E-state index is 14.8. The molecular formula is C40H35F6N7O3. The number of fused-ring (bicyclic) bond motifs is 2. The summed E-state index contributed by atoms with van der Waals surface area (Å²) >= 11 is 0. The Bertz CT molecular complexity index is 2440. The summed E-state index contributed by atoms with van der Waals surface area (Å²) in [5.41, 5.74) is 0.378. The van der Waals surface area contributed by atoms with Crippen molar-refractivity contribution in [1.82, 2.24) is 34.8 Å². The van der Waals surface area contributed by atoms with E-state index in [1.165, 1.54) is 41.0 Å². The molecule has 0 spiro atoms. The number of carbonyl (C=O) groups excluding carboxylic acids is 2. The number of halogens is 6. The summed E-state index contributed by atoms with van der Waals surface area (Å²) in [5.74, 6) is -1.32. The molecule has 1 N–H and O–H groups in total. The molecule has 8 rings (SSSR count). The van der Waals surface area contributed by atoms with Crippen LogP contribution < -0.4 is 4.74 Å². The van der Waals surface area contributed by atoms with Crippen molar-refractivity contribution in [3.63, 3.8) is 0 Å². The van der Waals surface area contributed by atoms with Gasteiger partial charge >= 0.3 is 12.4 Å². The third-order valence-corrected chi connectivity index (χ3v) is 10.9. The summed E-state index contributed by atoms with van der Waals surface area (Å²) in [6, 6.07) is 17.7. The van der Waals surface area contributed by atoms with Crippen LogP contribution in [0.5, 0.6) is 5.75 Å². The largest absolute Gasteiger partial charge is 0.497 e. The van der Waals surface area contributed by atoms with E-state index in [1.54, 1.807) is 47.5 Å². The fourth-order valence-corrected chi connectivity index (χ4v) is 8.05. The number of rotatable bonds is 6. The molecule has 5 heterocycles. The van der Waals surface area contributed by atoms with E-state index in [-0.39, 0.29) is 60.3 Å². The number of benzene rings is 3. The molecule has 10 nitrogen and oxygen atoms in total. The zero-order valence-corrected chi connectivity index (χ0v) is 30.0. The summed E-state index contributed by atoms with van der Waals surface area (Å²) in [4.78, 5) is 34.7. The van der Waals surface area contributed by atoms with E-state index < -0.39 is 41.2 Å². The number of likely N-dealkylation sites (tertiary alicyclic amines) is 2. The molecule has 0 radical (unpaired) electrons. The number of aromatic nitrogens is 5. The Hall–Kier alpha value is -5.93. The lowest BCUT2D eigenvalue weighted by Crippen LogP contribution is -2.38. The maximum absolute atomic E-state index is 14.8. The number of hydrogen-bond acceptors (Lipinski definition) is 6. The third-order valence-electron chi connectivity index (χ3n) is 10.9. The molecule has 56 heavy (non-hydrogen) atoms. The second-order valence-electron chi connectivity index (χ2n) is 14.1. The van der Waals surface area contributed by atoms with Crippen LogP contribution in [0.15, 0.2) is 79.0 Å². The number of pyridine rings is 1. The molecule has 16 heteroatoms. The zero-order chi connectivity index (χ0) is 39.4. The Balaban J connectivity index is 1.05. The highest BCUT2D eigenvalue weighted by atomic mass is 19.4. The Kier molecular flexibility index (Phi) is 9.45. The van der Waals surface area contributed by atoms with Crippen molar-refractivity contribution < 1.29 is 40.7 Å². The van der Waals surface area contributed by atoms with Crippen molar-refractivity contribution in [2.45, 2.75) is 49.9 Å². The standard InChI is InChI=1S/C40H35F6N7O3/c1-56-26-9-11-29-33(22-26)53(50-34(29)37(54)51-17-12-23(13-18-51)27-5-2-3-6-30(27)39(41,42)43)25-8-10-28(31(21-25)40(44,45)46)24-14-19-52(20-15-24)38(55)36-35-32(48-49-36)7-4-16-47-35/h2-11,16,21-24H,12-15,17-20H2,1H3,(H,48,49). The van der Waals surface area contributed by atoms with E-state index in [0.29, 0.717) is 53.4 Å². The molecule has 3 aromatic heterocycles. The van der Waals surface area contributed by atoms with Crippen molar-refractivity contribution in [2.24, 2.45) is 0 Å². The molecule has 2 aliphatic heterocycles. The molecule has 3 aromatic carbocycles. The van der Waals surface area contributed by atoms with E-state index in [0.717, 1.165) is 12.1 Å². The molecule has 0 bridgehead atoms. The number of ether oxygens (including phenoxy) is 1. The number of alkyl halides is 6. The van der Waals surface area contributed by atoms with Crippen molar-refractivity contribution in [3.05, 3.63) is 113 Å². The third kappa shape index (κ3) is 6.81. The van der Waals surface area contributed by atoms with E-state index in [1.807, 2.05) is 0 Å². The van der Waals surface area contributed by atoms with Crippen LogP contribution in [0, 0.1) is 0 Å². The van der Waals surface area contributed by atoms with Crippen molar-refractivity contribution >= 4 is 33.8 Å². The molecular weight excluding hydrogens is 740 g/mol. The molecule has 2 amide bonds. The van der Waals surface area contributed by atoms with Gasteiger partial charge in [0, 0.05) is 43.8 Å². The summed E-state index contributed by atoms with van der Waals surface area (Å²) < 4.78 is 92.4. The first-order valence-electron chi connectivity index (χ1n) is 18.1. The van der Waals surface area contributed by atoms with Crippen LogP contribution in [0.3, 0.4) is 0 Å². The molecule has 6 aromatic rings. The molecule has 0 saturated carbocycles. The van der Waals surface area contributed by atoms with Crippen LogP contribution in [0.4, 0.5) is 26.3 Å². The molecule has 0 atom stereocenters. The van der Waals surface area contributed by atoms with Crippen LogP contribution >= 0.6 is 0 Å². The fourth-order valence-electron chi connectivity index (χ4n) is 8.05. The number of piperidine rings is 2. The highest BCUT2D eigenvalue weighted by Gasteiger charge is 2.39. The van der Waals surface area contributed by atoms with Gasteiger partial charge in [-0.15, -0.1) is 0 Å². The number of hydrogen-bond donors (Lipinski definition) is 1. The smallest absolute Gasteiger partial charge is 0.416 e. The van der Waals surface area contributed by atoms with Gasteiger partial charge in [-0.05, 0) is 91.1 Å². The van der Waals surface area contributed by atoms with Crippen LogP contribution in [0.2, 0.25) is 0 Å². The Morgan fingerprint density at radius 3 is 2.00 bits per heavy atom. The first-order valence-corrected chi connectivity index (χ1v) is 18.1. The average Bonchev–Trinajstić information content (AvgIpc) is 3.81. The first kappa shape index (κ1) is 37.0. The Morgan fingerprint density at radius 1 is 0.732 bits per heavy atom. The molecule has 0 aliphatic carbocycles. The van der Waals surface area contributed by atoms with E-state index in [9.17, 15) is 35.9 Å². The lowest BCUT2D eigenvalue weighted by Gasteiger charge is -2.33. The highest BCUT2D eigenvalue weighted by molar-refractivity contribution is 6.05. The molecule has 2 saturated heterocycles. The van der Waals surface area contributed by atoms with E-state index in [4.69, 9.17) is 4.74 Å². The van der Waals surface area contributed by atoms with Crippen LogP contribution in [0.1, 0.15) is 80.7 Å². The predicted octanol–water partition coefficient (Wildman–Crippen LogP) is 8.38. The minimum absolute atomic E-state index is 0.00589. The van der Waals surface area contributed by atoms with Crippen LogP contribution in [0.25, 0.3) is 27.6 Å². The van der Waals surface area contributed by atoms with Gasteiger partial charge in [-0.1, -0.05) is 24.3 Å². The number of aromatic amines is 1. The normalized spacial score (nSPS) is 16.2. The lowest BCUT2D eigenvalue weighted by molar-refractivity contribution is -0.139. The van der Waals surface area contributed by atoms with Gasteiger partial charge < -0.3 is 14.5 Å². The predicted molar refractivity (Wildman–Crippen MR) is 194 cm³/mol. The summed E-state index contributed by atoms with van der Waals surface area (Å²) in [6.07, 6.45) is -6.50. The second-order valence-corrected chi connectivity index (χ2v) is 14.1. The SMILES string of the molecule is COc1ccc2c(C(=O)N3CCC(c4ccccc4C(F)(F)F)CC3)nn(-c3ccc(C4CCN(C(=O)c5n[nH]c6cccnc56)CC4)c(C(F)(F)F)c3)c2c1. The van der Waals surface area contributed by atoms with Gasteiger partial charge in [0.1, 0.15) is 11.3 Å². The molecule has 0 unspecified atom stereocenters. The number of methoxy groups -OCH3 is 1. The number of nitrogens with one attached hydrogen (secondary N) is 1. The molecule has 290 valence electrons. The van der Waals surface area contributed by atoms with Gasteiger partial charge in [-0.3, -0.25) is 19.7 Å². The minimum atomic E-state index is -4.73. The quantitative estimate of drug-likeness (QED) is 0.170. The number of nitrogens with zero attached hydrogens (tertiary/aromatic N) is 6. The number of amides is 2. The average molecular weight is 776 g/mol. The molecule has 2 aliphatic rings. The van der Waals surface area contributed by atoms with Crippen LogP contribution in [-0.2, 0) is 12.4 Å². The minimum Gasteiger partial charge on any atom is -0.497 e. The highest BCUT2D eigenvalue weighted by Crippen LogP contribution is 2.42. The lowest BCUT2D eigenvalue weighted by atomic mass is 9.86. The van der Waals surface area contributed by atoms with Crippen molar-refractivity contribution in [2.75, 3.05) is 33.3 Å². The van der Waals surface area contributed by atoms with Gasteiger partial charge in [-0.2, -0.15) is 36.5 Å². The number of H-pyrrole nitrogens is 1. The Labute approximate surface area is 316 Å². The van der Waals surface area contributed by atoms with Crippen molar-refractivity contribution in [3.8, 4) is 11.4 Å². The van der Waals surface area contributed by atoms with Gasteiger partial charge in [-0.25, -0.2) is 4.68 Å².